The first kappa shape index (κ1) is 13.8. The molecule has 0 spiro atoms. The van der Waals surface area contributed by atoms with Crippen molar-refractivity contribution in [3.8, 4) is 0 Å². The summed E-state index contributed by atoms with van der Waals surface area (Å²) in [5.41, 5.74) is 5.03. The molecule has 0 radical (unpaired) electrons. The van der Waals surface area contributed by atoms with Gasteiger partial charge in [0.05, 0.1) is 0 Å². The van der Waals surface area contributed by atoms with Gasteiger partial charge in [-0.05, 0) is 13.8 Å². The lowest BCUT2D eigenvalue weighted by Gasteiger charge is -2.29. The summed E-state index contributed by atoms with van der Waals surface area (Å²) in [6, 6.07) is -2.24. The molecule has 9 heteroatoms. The van der Waals surface area contributed by atoms with Gasteiger partial charge in [0.1, 0.15) is 17.7 Å². The standard InChI is InChI=1S/C8H11F5N4/c1-4-15-16-5(2)17(4)6(3-14)7(9,10)8(11,12)13/h6H,3,14H2,1-2H3. The molecule has 0 aromatic carbocycles. The fraction of sp³-hybridized carbons (Fsp3) is 0.750. The van der Waals surface area contributed by atoms with Gasteiger partial charge in [-0.1, -0.05) is 0 Å². The lowest BCUT2D eigenvalue weighted by atomic mass is 10.1. The van der Waals surface area contributed by atoms with Gasteiger partial charge in [0.15, 0.2) is 0 Å². The minimum Gasteiger partial charge on any atom is -0.328 e. The zero-order valence-electron chi connectivity index (χ0n) is 9.09. The number of alkyl halides is 5. The van der Waals surface area contributed by atoms with Crippen molar-refractivity contribution >= 4 is 0 Å². The van der Waals surface area contributed by atoms with Gasteiger partial charge in [0.2, 0.25) is 0 Å². The first-order valence-electron chi connectivity index (χ1n) is 4.65. The Balaban J connectivity index is 3.26. The van der Waals surface area contributed by atoms with Crippen LogP contribution in [0.15, 0.2) is 0 Å². The van der Waals surface area contributed by atoms with E-state index in [9.17, 15) is 22.0 Å². The highest BCUT2D eigenvalue weighted by atomic mass is 19.4. The van der Waals surface area contributed by atoms with E-state index in [1.165, 1.54) is 13.8 Å². The smallest absolute Gasteiger partial charge is 0.328 e. The van der Waals surface area contributed by atoms with Crippen molar-refractivity contribution in [3.05, 3.63) is 11.6 Å². The van der Waals surface area contributed by atoms with Crippen molar-refractivity contribution in [2.24, 2.45) is 5.73 Å². The average Bonchev–Trinajstić information content (AvgIpc) is 2.48. The van der Waals surface area contributed by atoms with Crippen LogP contribution in [0.5, 0.6) is 0 Å². The zero-order valence-corrected chi connectivity index (χ0v) is 9.09. The predicted molar refractivity (Wildman–Crippen MR) is 48.6 cm³/mol. The Morgan fingerprint density at radius 2 is 1.53 bits per heavy atom. The molecule has 1 unspecified atom stereocenters. The number of aryl methyl sites for hydroxylation is 2. The van der Waals surface area contributed by atoms with E-state index >= 15 is 0 Å². The van der Waals surface area contributed by atoms with Gasteiger partial charge in [0, 0.05) is 6.54 Å². The summed E-state index contributed by atoms with van der Waals surface area (Å²) < 4.78 is 64.0. The molecular formula is C8H11F5N4. The molecule has 2 N–H and O–H groups in total. The normalized spacial score (nSPS) is 15.1. The summed E-state index contributed by atoms with van der Waals surface area (Å²) in [4.78, 5) is 0. The second-order valence-electron chi connectivity index (χ2n) is 3.54. The van der Waals surface area contributed by atoms with Crippen molar-refractivity contribution in [1.82, 2.24) is 14.8 Å². The summed E-state index contributed by atoms with van der Waals surface area (Å²) in [6.45, 7) is 1.70. The third-order valence-electron chi connectivity index (χ3n) is 2.37. The topological polar surface area (TPSA) is 56.7 Å². The van der Waals surface area contributed by atoms with Crippen molar-refractivity contribution in [1.29, 1.82) is 0 Å². The van der Waals surface area contributed by atoms with Crippen LogP contribution in [0.4, 0.5) is 22.0 Å². The van der Waals surface area contributed by atoms with Gasteiger partial charge in [-0.2, -0.15) is 22.0 Å². The van der Waals surface area contributed by atoms with Crippen molar-refractivity contribution in [2.45, 2.75) is 32.0 Å². The SMILES string of the molecule is Cc1nnc(C)n1C(CN)C(F)(F)C(F)(F)F. The van der Waals surface area contributed by atoms with Gasteiger partial charge in [-0.15, -0.1) is 10.2 Å². The van der Waals surface area contributed by atoms with Crippen LogP contribution >= 0.6 is 0 Å². The molecule has 0 aliphatic rings. The van der Waals surface area contributed by atoms with E-state index in [4.69, 9.17) is 5.73 Å². The molecule has 0 saturated heterocycles. The van der Waals surface area contributed by atoms with Crippen LogP contribution in [0.3, 0.4) is 0 Å². The molecular weight excluding hydrogens is 247 g/mol. The largest absolute Gasteiger partial charge is 0.455 e. The molecule has 1 aromatic heterocycles. The van der Waals surface area contributed by atoms with Crippen LogP contribution in [-0.2, 0) is 0 Å². The van der Waals surface area contributed by atoms with Crippen LogP contribution in [0.2, 0.25) is 0 Å². The summed E-state index contributed by atoms with van der Waals surface area (Å²) in [7, 11) is 0. The molecule has 4 nitrogen and oxygen atoms in total. The van der Waals surface area contributed by atoms with Gasteiger partial charge < -0.3 is 10.3 Å². The molecule has 0 aliphatic carbocycles. The molecule has 98 valence electrons. The third-order valence-corrected chi connectivity index (χ3v) is 2.37. The first-order chi connectivity index (χ1) is 7.63. The molecule has 1 heterocycles. The number of halogens is 5. The minimum atomic E-state index is -5.67. The molecule has 0 amide bonds. The summed E-state index contributed by atoms with van der Waals surface area (Å²) >= 11 is 0. The fourth-order valence-corrected chi connectivity index (χ4v) is 1.53. The Morgan fingerprint density at radius 3 is 1.82 bits per heavy atom. The number of rotatable bonds is 3. The Kier molecular flexibility index (Phi) is 3.42. The average molecular weight is 258 g/mol. The summed E-state index contributed by atoms with van der Waals surface area (Å²) in [5.74, 6) is -5.01. The van der Waals surface area contributed by atoms with Gasteiger partial charge in [0.25, 0.3) is 0 Å². The Labute approximate surface area is 93.6 Å². The van der Waals surface area contributed by atoms with Crippen LogP contribution in [0.1, 0.15) is 17.7 Å². The Morgan fingerprint density at radius 1 is 1.12 bits per heavy atom. The maximum atomic E-state index is 13.2. The molecule has 0 bridgehead atoms. The van der Waals surface area contributed by atoms with Crippen LogP contribution < -0.4 is 5.73 Å². The number of hydrogen-bond donors (Lipinski definition) is 1. The van der Waals surface area contributed by atoms with E-state index in [0.29, 0.717) is 4.57 Å². The van der Waals surface area contributed by atoms with Crippen LogP contribution in [0, 0.1) is 13.8 Å². The summed E-state index contributed by atoms with van der Waals surface area (Å²) in [6.07, 6.45) is -5.67. The first-order valence-corrected chi connectivity index (χ1v) is 4.65. The lowest BCUT2D eigenvalue weighted by Crippen LogP contribution is -2.48. The number of aromatic nitrogens is 3. The van der Waals surface area contributed by atoms with E-state index in [0.717, 1.165) is 0 Å². The van der Waals surface area contributed by atoms with E-state index in [-0.39, 0.29) is 11.6 Å². The van der Waals surface area contributed by atoms with Gasteiger partial charge in [-0.25, -0.2) is 0 Å². The maximum Gasteiger partial charge on any atom is 0.455 e. The van der Waals surface area contributed by atoms with Gasteiger partial charge >= 0.3 is 12.1 Å². The number of hydrogen-bond acceptors (Lipinski definition) is 3. The predicted octanol–water partition coefficient (Wildman–Crippen LogP) is 1.59. The highest BCUT2D eigenvalue weighted by Crippen LogP contribution is 2.43. The van der Waals surface area contributed by atoms with Crippen molar-refractivity contribution < 1.29 is 22.0 Å². The minimum absolute atomic E-state index is 0.0399. The van der Waals surface area contributed by atoms with E-state index in [1.54, 1.807) is 0 Å². The second-order valence-corrected chi connectivity index (χ2v) is 3.54. The zero-order chi connectivity index (χ0) is 13.4. The van der Waals surface area contributed by atoms with E-state index in [2.05, 4.69) is 10.2 Å². The molecule has 0 aliphatic heterocycles. The Bertz CT molecular complexity index is 378. The molecule has 1 aromatic rings. The van der Waals surface area contributed by atoms with Crippen molar-refractivity contribution in [3.63, 3.8) is 0 Å². The molecule has 1 atom stereocenters. The van der Waals surface area contributed by atoms with E-state index in [1.807, 2.05) is 0 Å². The quantitative estimate of drug-likeness (QED) is 0.838. The highest BCUT2D eigenvalue weighted by molar-refractivity contribution is 5.01. The maximum absolute atomic E-state index is 13.2. The van der Waals surface area contributed by atoms with E-state index < -0.39 is 24.7 Å². The Hall–Kier alpha value is -1.25. The fourth-order valence-electron chi connectivity index (χ4n) is 1.53. The molecule has 0 fully saturated rings. The number of nitrogens with two attached hydrogens (primary N) is 1. The van der Waals surface area contributed by atoms with Crippen LogP contribution in [-0.4, -0.2) is 33.4 Å². The highest BCUT2D eigenvalue weighted by Gasteiger charge is 2.63. The van der Waals surface area contributed by atoms with Gasteiger partial charge in [-0.3, -0.25) is 0 Å². The molecule has 1 rings (SSSR count). The van der Waals surface area contributed by atoms with Crippen LogP contribution in [0.25, 0.3) is 0 Å². The van der Waals surface area contributed by atoms with Crippen molar-refractivity contribution in [2.75, 3.05) is 6.54 Å². The summed E-state index contributed by atoms with van der Waals surface area (Å²) in [5, 5.41) is 6.87. The molecule has 0 saturated carbocycles. The second kappa shape index (κ2) is 4.21. The monoisotopic (exact) mass is 258 g/mol. The molecule has 17 heavy (non-hydrogen) atoms. The number of nitrogens with zero attached hydrogens (tertiary/aromatic N) is 3. The lowest BCUT2D eigenvalue weighted by molar-refractivity contribution is -0.298. The third kappa shape index (κ3) is 2.24.